The molecule has 0 aliphatic carbocycles. The number of hydrogen-bond acceptors (Lipinski definition) is 4. The Balaban J connectivity index is 1.85. The van der Waals surface area contributed by atoms with Gasteiger partial charge in [0.05, 0.1) is 25.4 Å². The SMILES string of the molecule is CCN1CCOC(C(NC)c2cccc3c2OCC3)C1. The molecule has 2 heterocycles. The molecular weight excluding hydrogens is 252 g/mol. The summed E-state index contributed by atoms with van der Waals surface area (Å²) in [4.78, 5) is 2.45. The van der Waals surface area contributed by atoms with Gasteiger partial charge in [-0.2, -0.15) is 0 Å². The number of rotatable bonds is 4. The summed E-state index contributed by atoms with van der Waals surface area (Å²) in [5.41, 5.74) is 2.57. The number of ether oxygens (including phenoxy) is 2. The Bertz CT molecular complexity index is 464. The van der Waals surface area contributed by atoms with Crippen LogP contribution in [-0.2, 0) is 11.2 Å². The Hall–Kier alpha value is -1.10. The Labute approximate surface area is 121 Å². The predicted molar refractivity (Wildman–Crippen MR) is 79.3 cm³/mol. The fourth-order valence-corrected chi connectivity index (χ4v) is 3.25. The van der Waals surface area contributed by atoms with Crippen molar-refractivity contribution in [3.05, 3.63) is 29.3 Å². The van der Waals surface area contributed by atoms with E-state index in [0.29, 0.717) is 0 Å². The molecule has 1 saturated heterocycles. The zero-order valence-corrected chi connectivity index (χ0v) is 12.4. The van der Waals surface area contributed by atoms with Gasteiger partial charge in [0.2, 0.25) is 0 Å². The second-order valence-corrected chi connectivity index (χ2v) is 5.50. The van der Waals surface area contributed by atoms with Gasteiger partial charge in [-0.15, -0.1) is 0 Å². The van der Waals surface area contributed by atoms with E-state index in [4.69, 9.17) is 9.47 Å². The molecule has 0 aromatic heterocycles. The summed E-state index contributed by atoms with van der Waals surface area (Å²) in [7, 11) is 2.01. The number of para-hydroxylation sites is 1. The van der Waals surface area contributed by atoms with E-state index < -0.39 is 0 Å². The molecule has 0 radical (unpaired) electrons. The number of nitrogens with one attached hydrogen (secondary N) is 1. The molecule has 1 N–H and O–H groups in total. The molecule has 1 aromatic carbocycles. The summed E-state index contributed by atoms with van der Waals surface area (Å²) >= 11 is 0. The molecule has 20 heavy (non-hydrogen) atoms. The van der Waals surface area contributed by atoms with E-state index >= 15 is 0 Å². The van der Waals surface area contributed by atoms with Crippen molar-refractivity contribution in [3.63, 3.8) is 0 Å². The van der Waals surface area contributed by atoms with Crippen molar-refractivity contribution in [1.29, 1.82) is 0 Å². The molecule has 0 bridgehead atoms. The summed E-state index contributed by atoms with van der Waals surface area (Å²) in [5, 5.41) is 3.43. The first-order valence-electron chi connectivity index (χ1n) is 7.59. The molecule has 2 atom stereocenters. The monoisotopic (exact) mass is 276 g/mol. The third-order valence-electron chi connectivity index (χ3n) is 4.39. The standard InChI is InChI=1S/C16H24N2O2/c1-3-18-8-10-19-14(11-18)15(17-2)13-6-4-5-12-7-9-20-16(12)13/h4-6,14-15,17H,3,7-11H2,1-2H3. The first-order chi connectivity index (χ1) is 9.83. The van der Waals surface area contributed by atoms with Crippen molar-refractivity contribution >= 4 is 0 Å². The van der Waals surface area contributed by atoms with Gasteiger partial charge in [-0.25, -0.2) is 0 Å². The zero-order valence-electron chi connectivity index (χ0n) is 12.4. The lowest BCUT2D eigenvalue weighted by Crippen LogP contribution is -2.47. The molecule has 110 valence electrons. The van der Waals surface area contributed by atoms with E-state index in [2.05, 4.69) is 35.3 Å². The molecule has 3 rings (SSSR count). The number of benzene rings is 1. The van der Waals surface area contributed by atoms with Gasteiger partial charge in [-0.05, 0) is 19.2 Å². The quantitative estimate of drug-likeness (QED) is 0.906. The van der Waals surface area contributed by atoms with Crippen LogP contribution < -0.4 is 10.1 Å². The lowest BCUT2D eigenvalue weighted by atomic mass is 9.96. The van der Waals surface area contributed by atoms with E-state index in [1.807, 2.05) is 7.05 Å². The molecule has 1 aromatic rings. The highest BCUT2D eigenvalue weighted by Crippen LogP contribution is 2.35. The van der Waals surface area contributed by atoms with E-state index in [0.717, 1.165) is 45.0 Å². The van der Waals surface area contributed by atoms with Crippen molar-refractivity contribution in [3.8, 4) is 5.75 Å². The normalized spacial score (nSPS) is 24.2. The Morgan fingerprint density at radius 1 is 1.40 bits per heavy atom. The number of likely N-dealkylation sites (N-methyl/N-ethyl adjacent to an activating group) is 2. The first kappa shape index (κ1) is 13.9. The van der Waals surface area contributed by atoms with Crippen molar-refractivity contribution in [1.82, 2.24) is 10.2 Å². The van der Waals surface area contributed by atoms with Crippen LogP contribution in [0.4, 0.5) is 0 Å². The summed E-state index contributed by atoms with van der Waals surface area (Å²) in [6.07, 6.45) is 1.20. The van der Waals surface area contributed by atoms with Gasteiger partial charge < -0.3 is 14.8 Å². The molecule has 2 aliphatic rings. The molecule has 4 heteroatoms. The van der Waals surface area contributed by atoms with E-state index in [1.165, 1.54) is 11.1 Å². The van der Waals surface area contributed by atoms with Crippen molar-refractivity contribution in [2.24, 2.45) is 0 Å². The highest BCUT2D eigenvalue weighted by molar-refractivity contribution is 5.46. The van der Waals surface area contributed by atoms with Crippen LogP contribution in [0.3, 0.4) is 0 Å². The smallest absolute Gasteiger partial charge is 0.127 e. The topological polar surface area (TPSA) is 33.7 Å². The maximum Gasteiger partial charge on any atom is 0.127 e. The molecule has 2 unspecified atom stereocenters. The Morgan fingerprint density at radius 2 is 2.30 bits per heavy atom. The van der Waals surface area contributed by atoms with Crippen LogP contribution in [0.2, 0.25) is 0 Å². The Morgan fingerprint density at radius 3 is 3.10 bits per heavy atom. The maximum atomic E-state index is 6.02. The van der Waals surface area contributed by atoms with Gasteiger partial charge in [0, 0.05) is 25.1 Å². The summed E-state index contributed by atoms with van der Waals surface area (Å²) in [5.74, 6) is 1.07. The molecule has 1 fully saturated rings. The van der Waals surface area contributed by atoms with E-state index in [9.17, 15) is 0 Å². The number of morpholine rings is 1. The fourth-order valence-electron chi connectivity index (χ4n) is 3.25. The van der Waals surface area contributed by atoms with Crippen molar-refractivity contribution < 1.29 is 9.47 Å². The van der Waals surface area contributed by atoms with Gasteiger partial charge in [0.1, 0.15) is 5.75 Å². The molecule has 0 amide bonds. The van der Waals surface area contributed by atoms with E-state index in [-0.39, 0.29) is 12.1 Å². The van der Waals surface area contributed by atoms with Gasteiger partial charge in [0.15, 0.2) is 0 Å². The third-order valence-corrected chi connectivity index (χ3v) is 4.39. The molecule has 4 nitrogen and oxygen atoms in total. The second-order valence-electron chi connectivity index (χ2n) is 5.50. The Kier molecular flexibility index (Phi) is 4.24. The maximum absolute atomic E-state index is 6.02. The van der Waals surface area contributed by atoms with Crippen LogP contribution in [0, 0.1) is 0 Å². The lowest BCUT2D eigenvalue weighted by molar-refractivity contribution is -0.0447. The minimum atomic E-state index is 0.185. The number of hydrogen-bond donors (Lipinski definition) is 1. The molecule has 2 aliphatic heterocycles. The van der Waals surface area contributed by atoms with Crippen LogP contribution in [0.15, 0.2) is 18.2 Å². The van der Waals surface area contributed by atoms with Crippen LogP contribution in [0.25, 0.3) is 0 Å². The first-order valence-corrected chi connectivity index (χ1v) is 7.59. The van der Waals surface area contributed by atoms with Crippen LogP contribution >= 0.6 is 0 Å². The van der Waals surface area contributed by atoms with Gasteiger partial charge in [0.25, 0.3) is 0 Å². The highest BCUT2D eigenvalue weighted by atomic mass is 16.5. The number of nitrogens with zero attached hydrogens (tertiary/aromatic N) is 1. The van der Waals surface area contributed by atoms with Gasteiger partial charge in [-0.1, -0.05) is 25.1 Å². The van der Waals surface area contributed by atoms with Crippen molar-refractivity contribution in [2.45, 2.75) is 25.5 Å². The molecule has 0 saturated carbocycles. The lowest BCUT2D eigenvalue weighted by Gasteiger charge is -2.37. The average Bonchev–Trinajstić information content (AvgIpc) is 2.97. The van der Waals surface area contributed by atoms with Crippen LogP contribution in [0.1, 0.15) is 24.1 Å². The number of fused-ring (bicyclic) bond motifs is 1. The van der Waals surface area contributed by atoms with Gasteiger partial charge in [-0.3, -0.25) is 4.90 Å². The molecule has 0 spiro atoms. The summed E-state index contributed by atoms with van der Waals surface area (Å²) in [6.45, 7) is 6.92. The minimum absolute atomic E-state index is 0.185. The third kappa shape index (κ3) is 2.55. The largest absolute Gasteiger partial charge is 0.493 e. The van der Waals surface area contributed by atoms with Gasteiger partial charge >= 0.3 is 0 Å². The summed E-state index contributed by atoms with van der Waals surface area (Å²) < 4.78 is 11.9. The fraction of sp³-hybridized carbons (Fsp3) is 0.625. The predicted octanol–water partition coefficient (Wildman–Crippen LogP) is 1.60. The second kappa shape index (κ2) is 6.12. The highest BCUT2D eigenvalue weighted by Gasteiger charge is 2.31. The van der Waals surface area contributed by atoms with Crippen LogP contribution in [0.5, 0.6) is 5.75 Å². The molecular formula is C16H24N2O2. The average molecular weight is 276 g/mol. The summed E-state index contributed by atoms with van der Waals surface area (Å²) in [6, 6.07) is 6.66. The minimum Gasteiger partial charge on any atom is -0.493 e. The van der Waals surface area contributed by atoms with Crippen molar-refractivity contribution in [2.75, 3.05) is 39.9 Å². The van der Waals surface area contributed by atoms with Crippen LogP contribution in [-0.4, -0.2) is 50.9 Å². The van der Waals surface area contributed by atoms with E-state index in [1.54, 1.807) is 0 Å². The zero-order chi connectivity index (χ0) is 13.9.